The molecule has 0 bridgehead atoms. The number of carbonyl (C=O) groups excluding carboxylic acids is 1. The molecule has 0 saturated carbocycles. The fourth-order valence-corrected chi connectivity index (χ4v) is 5.95. The van der Waals surface area contributed by atoms with Crippen LogP contribution >= 0.6 is 0 Å². The lowest BCUT2D eigenvalue weighted by molar-refractivity contribution is -0.274. The number of methoxy groups -OCH3 is 1. The number of fused-ring (bicyclic) bond motifs is 1. The van der Waals surface area contributed by atoms with Crippen LogP contribution in [0.15, 0.2) is 78.0 Å². The number of hydrogen-bond acceptors (Lipinski definition) is 8. The Bertz CT molecular complexity index is 1700. The molecule has 14 heteroatoms. The van der Waals surface area contributed by atoms with E-state index in [-0.39, 0.29) is 16.0 Å². The van der Waals surface area contributed by atoms with Gasteiger partial charge >= 0.3 is 6.36 Å². The van der Waals surface area contributed by atoms with Crippen molar-refractivity contribution in [2.45, 2.75) is 17.8 Å². The minimum atomic E-state index is -5.14. The topological polar surface area (TPSA) is 114 Å². The fourth-order valence-electron chi connectivity index (χ4n) is 4.70. The molecule has 0 unspecified atom stereocenters. The molecule has 1 aliphatic rings. The minimum absolute atomic E-state index is 0.0774. The summed E-state index contributed by atoms with van der Waals surface area (Å²) in [7, 11) is -2.84. The Hall–Kier alpha value is -4.43. The Morgan fingerprint density at radius 1 is 0.976 bits per heavy atom. The number of halogens is 3. The number of ether oxygens (including phenoxy) is 2. The molecule has 10 nitrogen and oxygen atoms in total. The molecule has 220 valence electrons. The number of pyridine rings is 2. The lowest BCUT2D eigenvalue weighted by atomic mass is 10.1. The van der Waals surface area contributed by atoms with Crippen LogP contribution in [0.5, 0.6) is 11.6 Å². The van der Waals surface area contributed by atoms with Gasteiger partial charge in [-0.25, -0.2) is 13.4 Å². The maximum Gasteiger partial charge on any atom is 0.573 e. The second kappa shape index (κ2) is 11.8. The van der Waals surface area contributed by atoms with Gasteiger partial charge in [0, 0.05) is 61.6 Å². The van der Waals surface area contributed by atoms with Crippen molar-refractivity contribution in [3.63, 3.8) is 0 Å². The van der Waals surface area contributed by atoms with Crippen molar-refractivity contribution in [1.29, 1.82) is 0 Å². The van der Waals surface area contributed by atoms with Gasteiger partial charge in [-0.1, -0.05) is 24.3 Å². The van der Waals surface area contributed by atoms with Crippen LogP contribution in [0.1, 0.15) is 15.9 Å². The summed E-state index contributed by atoms with van der Waals surface area (Å²) < 4.78 is 78.0. The summed E-state index contributed by atoms with van der Waals surface area (Å²) in [6, 6.07) is 14.7. The van der Waals surface area contributed by atoms with E-state index < -0.39 is 33.7 Å². The number of nitrogens with zero attached hydrogens (tertiary/aromatic N) is 4. The van der Waals surface area contributed by atoms with Crippen molar-refractivity contribution < 1.29 is 35.9 Å². The van der Waals surface area contributed by atoms with E-state index in [9.17, 15) is 26.4 Å². The van der Waals surface area contributed by atoms with Gasteiger partial charge in [0.05, 0.1) is 18.3 Å². The Kier molecular flexibility index (Phi) is 8.18. The highest BCUT2D eigenvalue weighted by atomic mass is 32.2. The van der Waals surface area contributed by atoms with Gasteiger partial charge in [-0.05, 0) is 36.4 Å². The number of carbonyl (C=O) groups is 1. The van der Waals surface area contributed by atoms with Crippen LogP contribution in [-0.2, 0) is 16.6 Å². The Balaban J connectivity index is 1.34. The van der Waals surface area contributed by atoms with Crippen molar-refractivity contribution in [1.82, 2.24) is 19.8 Å². The number of aromatic nitrogens is 2. The van der Waals surface area contributed by atoms with E-state index >= 15 is 0 Å². The number of amides is 1. The van der Waals surface area contributed by atoms with Crippen LogP contribution in [0.2, 0.25) is 0 Å². The Labute approximate surface area is 239 Å². The predicted molar refractivity (Wildman–Crippen MR) is 148 cm³/mol. The van der Waals surface area contributed by atoms with Crippen molar-refractivity contribution in [2.75, 3.05) is 38.0 Å². The molecule has 1 fully saturated rings. The molecule has 0 spiro atoms. The first-order valence-electron chi connectivity index (χ1n) is 12.8. The molecule has 0 atom stereocenters. The first kappa shape index (κ1) is 29.1. The van der Waals surface area contributed by atoms with Crippen molar-refractivity contribution in [2.24, 2.45) is 0 Å². The van der Waals surface area contributed by atoms with E-state index in [1.165, 1.54) is 36.4 Å². The summed E-state index contributed by atoms with van der Waals surface area (Å²) in [6.45, 7) is 2.27. The van der Waals surface area contributed by atoms with Gasteiger partial charge in [-0.2, -0.15) is 0 Å². The molecule has 1 aliphatic heterocycles. The maximum absolute atomic E-state index is 13.3. The minimum Gasteiger partial charge on any atom is -0.481 e. The summed E-state index contributed by atoms with van der Waals surface area (Å²) in [5.74, 6) is -0.846. The molecule has 0 radical (unpaired) electrons. The number of nitrogens with one attached hydrogen (secondary N) is 1. The molecule has 0 aliphatic carbocycles. The Morgan fingerprint density at radius 2 is 1.69 bits per heavy atom. The zero-order valence-electron chi connectivity index (χ0n) is 22.3. The van der Waals surface area contributed by atoms with Gasteiger partial charge in [0.2, 0.25) is 5.88 Å². The molecule has 2 aromatic carbocycles. The van der Waals surface area contributed by atoms with Crippen LogP contribution in [0.3, 0.4) is 0 Å². The van der Waals surface area contributed by atoms with E-state index in [4.69, 9.17) is 4.74 Å². The highest BCUT2D eigenvalue weighted by Crippen LogP contribution is 2.34. The second-order valence-corrected chi connectivity index (χ2v) is 11.1. The summed E-state index contributed by atoms with van der Waals surface area (Å²) in [4.78, 5) is 24.9. The second-order valence-electron chi connectivity index (χ2n) is 9.44. The fraction of sp³-hybridized carbons (Fsp3) is 0.250. The molecular weight excluding hydrogens is 575 g/mol. The third-order valence-corrected chi connectivity index (χ3v) is 8.08. The van der Waals surface area contributed by atoms with Crippen molar-refractivity contribution in [3.8, 4) is 11.6 Å². The summed E-state index contributed by atoms with van der Waals surface area (Å²) in [6.07, 6.45) is -2.09. The van der Waals surface area contributed by atoms with Crippen molar-refractivity contribution >= 4 is 32.5 Å². The molecule has 4 aromatic rings. The number of hydrogen-bond donors (Lipinski definition) is 1. The number of anilines is 1. The molecule has 1 N–H and O–H groups in total. The van der Waals surface area contributed by atoms with Gasteiger partial charge in [-0.15, -0.1) is 13.2 Å². The van der Waals surface area contributed by atoms with Gasteiger partial charge in [-0.3, -0.25) is 19.4 Å². The van der Waals surface area contributed by atoms with Crippen LogP contribution in [-0.4, -0.2) is 73.7 Å². The lowest BCUT2D eigenvalue weighted by Crippen LogP contribution is -2.48. The highest BCUT2D eigenvalue weighted by molar-refractivity contribution is 7.93. The molecule has 42 heavy (non-hydrogen) atoms. The zero-order chi connectivity index (χ0) is 29.9. The smallest absolute Gasteiger partial charge is 0.481 e. The number of para-hydroxylation sites is 1. The molecule has 5 rings (SSSR count). The van der Waals surface area contributed by atoms with Crippen LogP contribution in [0, 0.1) is 0 Å². The van der Waals surface area contributed by atoms with Crippen molar-refractivity contribution in [3.05, 3.63) is 84.2 Å². The average Bonchev–Trinajstić information content (AvgIpc) is 2.97. The van der Waals surface area contributed by atoms with Crippen LogP contribution < -0.4 is 14.2 Å². The van der Waals surface area contributed by atoms with Crippen LogP contribution in [0.25, 0.3) is 10.9 Å². The third-order valence-electron chi connectivity index (χ3n) is 6.68. The third kappa shape index (κ3) is 6.55. The maximum atomic E-state index is 13.3. The van der Waals surface area contributed by atoms with E-state index in [0.717, 1.165) is 17.7 Å². The average molecular weight is 602 g/mol. The van der Waals surface area contributed by atoms with Gasteiger partial charge in [0.1, 0.15) is 4.90 Å². The molecule has 2 aromatic heterocycles. The van der Waals surface area contributed by atoms with Gasteiger partial charge < -0.3 is 14.4 Å². The largest absolute Gasteiger partial charge is 0.573 e. The SMILES string of the molecule is COc1ncccc1CN1CCN(C(=O)c2ccc(NS(=O)(=O)c3cccc4cccnc34)c(OC(F)(F)F)c2)CC1. The first-order chi connectivity index (χ1) is 20.0. The van der Waals surface area contributed by atoms with E-state index in [1.807, 2.05) is 6.07 Å². The zero-order valence-corrected chi connectivity index (χ0v) is 23.2. The van der Waals surface area contributed by atoms with E-state index in [2.05, 4.69) is 24.3 Å². The monoisotopic (exact) mass is 601 g/mol. The quantitative estimate of drug-likeness (QED) is 0.318. The summed E-state index contributed by atoms with van der Waals surface area (Å²) >= 11 is 0. The molecular formula is C28H26F3N5O5S. The number of benzene rings is 2. The number of piperazine rings is 1. The summed E-state index contributed by atoms with van der Waals surface area (Å²) in [5.41, 5.74) is 0.489. The molecule has 3 heterocycles. The van der Waals surface area contributed by atoms with Crippen LogP contribution in [0.4, 0.5) is 18.9 Å². The summed E-state index contributed by atoms with van der Waals surface area (Å²) in [5, 5.41) is 0.535. The number of alkyl halides is 3. The Morgan fingerprint density at radius 3 is 2.43 bits per heavy atom. The first-order valence-corrected chi connectivity index (χ1v) is 14.3. The lowest BCUT2D eigenvalue weighted by Gasteiger charge is -2.35. The predicted octanol–water partition coefficient (Wildman–Crippen LogP) is 4.30. The highest BCUT2D eigenvalue weighted by Gasteiger charge is 2.34. The van der Waals surface area contributed by atoms with E-state index in [0.29, 0.717) is 44.0 Å². The molecule has 1 amide bonds. The van der Waals surface area contributed by atoms with Gasteiger partial charge in [0.25, 0.3) is 15.9 Å². The number of rotatable bonds is 8. The standard InChI is InChI=1S/C28H26F3N5O5S/c1-40-26-21(7-4-12-33-26)18-35-13-15-36(16-14-35)27(37)20-9-10-22(23(17-20)41-28(29,30)31)34-42(38,39)24-8-2-5-19-6-3-11-32-25(19)24/h2-12,17,34H,13-16,18H2,1H3. The number of sulfonamides is 1. The normalized spacial score (nSPS) is 14.5. The van der Waals surface area contributed by atoms with Gasteiger partial charge in [0.15, 0.2) is 5.75 Å². The molecule has 1 saturated heterocycles. The van der Waals surface area contributed by atoms with E-state index in [1.54, 1.807) is 30.5 Å².